The minimum Gasteiger partial charge on any atom is -0.492 e. The van der Waals surface area contributed by atoms with Gasteiger partial charge in [0.1, 0.15) is 12.4 Å². The van der Waals surface area contributed by atoms with Gasteiger partial charge in [-0.05, 0) is 12.1 Å². The second-order valence-electron chi connectivity index (χ2n) is 3.20. The number of halogens is 1. The lowest BCUT2D eigenvalue weighted by Gasteiger charge is -2.04. The predicted octanol–water partition coefficient (Wildman–Crippen LogP) is 2.28. The normalized spacial score (nSPS) is 10.3. The van der Waals surface area contributed by atoms with E-state index in [4.69, 9.17) is 4.74 Å². The van der Waals surface area contributed by atoms with Gasteiger partial charge in [0.15, 0.2) is 11.4 Å². The fourth-order valence-corrected chi connectivity index (χ4v) is 1.90. The summed E-state index contributed by atoms with van der Waals surface area (Å²) < 4.78 is 9.48. The maximum atomic E-state index is 5.33. The lowest BCUT2D eigenvalue weighted by Crippen LogP contribution is -2.20. The van der Waals surface area contributed by atoms with E-state index >= 15 is 0 Å². The zero-order valence-corrected chi connectivity index (χ0v) is 10.8. The minimum atomic E-state index is 0.883. The molecule has 0 aliphatic rings. The molecule has 0 radical (unpaired) electrons. The highest BCUT2D eigenvalue weighted by atomic mass is 127. The first-order chi connectivity index (χ1) is 7.24. The van der Waals surface area contributed by atoms with Crippen molar-refractivity contribution in [1.29, 1.82) is 0 Å². The molecule has 1 aromatic heterocycles. The molecule has 2 aromatic rings. The Morgan fingerprint density at radius 1 is 1.33 bits per heavy atom. The highest BCUT2D eigenvalue weighted by molar-refractivity contribution is 14.1. The third-order valence-electron chi connectivity index (χ3n) is 2.35. The number of nitrogens with zero attached hydrogens (tertiary/aromatic N) is 2. The number of rotatable bonds is 2. The van der Waals surface area contributed by atoms with Crippen molar-refractivity contribution >= 4 is 22.9 Å². The number of para-hydroxylation sites is 2. The molecular weight excluding hydrogens is 303 g/mol. The molecule has 0 saturated carbocycles. The Balaban J connectivity index is 2.58. The van der Waals surface area contributed by atoms with Crippen molar-refractivity contribution in [2.45, 2.75) is 6.92 Å². The van der Waals surface area contributed by atoms with E-state index in [9.17, 15) is 0 Å². The topological polar surface area (TPSA) is 18.0 Å². The van der Waals surface area contributed by atoms with Crippen molar-refractivity contribution in [2.75, 3.05) is 7.11 Å². The molecule has 78 valence electrons. The molecule has 2 rings (SSSR count). The van der Waals surface area contributed by atoms with Crippen LogP contribution >= 0.6 is 22.9 Å². The van der Waals surface area contributed by atoms with E-state index in [1.54, 1.807) is 7.11 Å². The molecule has 0 unspecified atom stereocenters. The van der Waals surface area contributed by atoms with Crippen LogP contribution in [0.25, 0.3) is 5.69 Å². The summed E-state index contributed by atoms with van der Waals surface area (Å²) in [6, 6.07) is 7.99. The Kier molecular flexibility index (Phi) is 2.95. The van der Waals surface area contributed by atoms with E-state index < -0.39 is 0 Å². The van der Waals surface area contributed by atoms with E-state index in [0.29, 0.717) is 0 Å². The molecule has 3 nitrogen and oxygen atoms in total. The summed E-state index contributed by atoms with van der Waals surface area (Å²) >= 11 is 2.25. The van der Waals surface area contributed by atoms with Gasteiger partial charge in [0.2, 0.25) is 22.9 Å². The second-order valence-corrected chi connectivity index (χ2v) is 4.24. The monoisotopic (exact) mass is 315 g/mol. The van der Waals surface area contributed by atoms with Gasteiger partial charge < -0.3 is 4.74 Å². The highest BCUT2D eigenvalue weighted by Gasteiger charge is 2.15. The van der Waals surface area contributed by atoms with Gasteiger partial charge in [0, 0.05) is 6.92 Å². The van der Waals surface area contributed by atoms with Crippen molar-refractivity contribution in [2.24, 2.45) is 0 Å². The molecule has 1 aromatic carbocycles. The van der Waals surface area contributed by atoms with Crippen LogP contribution in [0.2, 0.25) is 0 Å². The highest BCUT2D eigenvalue weighted by Crippen LogP contribution is 2.22. The van der Waals surface area contributed by atoms with Crippen LogP contribution in [0.5, 0.6) is 5.75 Å². The SMILES string of the molecule is COc1ccccc1-n1cc[n+](I)c1C. The standard InChI is InChI=1S/C11H12IN2O/c1-9-13(7-8-14(9)12)10-5-3-4-6-11(10)15-2/h3-8H,1-2H3/q+1. The zero-order valence-electron chi connectivity index (χ0n) is 8.64. The quantitative estimate of drug-likeness (QED) is 0.778. The zero-order chi connectivity index (χ0) is 10.8. The molecule has 0 aliphatic carbocycles. The van der Waals surface area contributed by atoms with Crippen molar-refractivity contribution < 1.29 is 7.52 Å². The molecule has 0 spiro atoms. The van der Waals surface area contributed by atoms with Crippen LogP contribution in [0.1, 0.15) is 5.82 Å². The summed E-state index contributed by atoms with van der Waals surface area (Å²) in [6.07, 6.45) is 4.04. The van der Waals surface area contributed by atoms with E-state index in [0.717, 1.165) is 17.3 Å². The smallest absolute Gasteiger partial charge is 0.267 e. The predicted molar refractivity (Wildman–Crippen MR) is 66.7 cm³/mol. The van der Waals surface area contributed by atoms with Crippen molar-refractivity contribution in [3.8, 4) is 11.4 Å². The van der Waals surface area contributed by atoms with Crippen molar-refractivity contribution in [1.82, 2.24) is 4.57 Å². The van der Waals surface area contributed by atoms with Gasteiger partial charge in [-0.25, -0.2) is 0 Å². The largest absolute Gasteiger partial charge is 0.492 e. The molecule has 4 heteroatoms. The van der Waals surface area contributed by atoms with Crippen LogP contribution in [0.4, 0.5) is 0 Å². The number of hydrogen-bond donors (Lipinski definition) is 0. The first kappa shape index (κ1) is 10.5. The number of aromatic nitrogens is 2. The van der Waals surface area contributed by atoms with Crippen LogP contribution in [0.15, 0.2) is 36.7 Å². The van der Waals surface area contributed by atoms with Crippen LogP contribution in [0, 0.1) is 6.92 Å². The van der Waals surface area contributed by atoms with Crippen LogP contribution in [-0.4, -0.2) is 11.7 Å². The van der Waals surface area contributed by atoms with E-state index in [-0.39, 0.29) is 0 Å². The molecule has 0 amide bonds. The molecule has 1 heterocycles. The number of benzene rings is 1. The summed E-state index contributed by atoms with van der Waals surface area (Å²) in [4.78, 5) is 0. The summed E-state index contributed by atoms with van der Waals surface area (Å²) in [7, 11) is 1.69. The molecule has 0 saturated heterocycles. The Labute approximate surface area is 103 Å². The van der Waals surface area contributed by atoms with Gasteiger partial charge in [0.25, 0.3) is 5.82 Å². The third kappa shape index (κ3) is 1.86. The Morgan fingerprint density at radius 3 is 2.67 bits per heavy atom. The summed E-state index contributed by atoms with van der Waals surface area (Å²) in [5, 5.41) is 0. The number of ether oxygens (including phenoxy) is 1. The van der Waals surface area contributed by atoms with Gasteiger partial charge in [-0.1, -0.05) is 12.1 Å². The Hall–Kier alpha value is -1.04. The molecule has 0 atom stereocenters. The second kappa shape index (κ2) is 4.22. The summed E-state index contributed by atoms with van der Waals surface area (Å²) in [6.45, 7) is 2.07. The summed E-state index contributed by atoms with van der Waals surface area (Å²) in [5.41, 5.74) is 1.06. The first-order valence-electron chi connectivity index (χ1n) is 4.63. The molecule has 0 fully saturated rings. The fourth-order valence-electron chi connectivity index (χ4n) is 1.53. The molecule has 0 bridgehead atoms. The van der Waals surface area contributed by atoms with Crippen LogP contribution in [0.3, 0.4) is 0 Å². The van der Waals surface area contributed by atoms with Crippen LogP contribution in [-0.2, 0) is 0 Å². The Morgan fingerprint density at radius 2 is 2.07 bits per heavy atom. The molecule has 0 N–H and O–H groups in total. The number of imidazole rings is 1. The molecular formula is C11H12IN2O+. The van der Waals surface area contributed by atoms with Gasteiger partial charge in [0.05, 0.1) is 7.11 Å². The van der Waals surface area contributed by atoms with Gasteiger partial charge in [-0.2, -0.15) is 7.35 Å². The van der Waals surface area contributed by atoms with E-state index in [2.05, 4.69) is 34.4 Å². The van der Waals surface area contributed by atoms with Crippen molar-refractivity contribution in [3.63, 3.8) is 0 Å². The maximum absolute atomic E-state index is 5.33. The van der Waals surface area contributed by atoms with Crippen LogP contribution < -0.4 is 7.52 Å². The first-order valence-corrected chi connectivity index (χ1v) is 5.59. The average molecular weight is 315 g/mol. The maximum Gasteiger partial charge on any atom is 0.267 e. The van der Waals surface area contributed by atoms with Crippen molar-refractivity contribution in [3.05, 3.63) is 42.5 Å². The third-order valence-corrected chi connectivity index (χ3v) is 3.37. The number of hydrogen-bond acceptors (Lipinski definition) is 1. The number of methoxy groups -OCH3 is 1. The minimum absolute atomic E-state index is 0.883. The molecule has 15 heavy (non-hydrogen) atoms. The van der Waals surface area contributed by atoms with Gasteiger partial charge in [-0.3, -0.25) is 0 Å². The van der Waals surface area contributed by atoms with E-state index in [1.807, 2.05) is 39.4 Å². The fraction of sp³-hybridized carbons (Fsp3) is 0.182. The van der Waals surface area contributed by atoms with Gasteiger partial charge in [-0.15, -0.1) is 0 Å². The lowest BCUT2D eigenvalue weighted by atomic mass is 10.3. The molecule has 0 aliphatic heterocycles. The van der Waals surface area contributed by atoms with E-state index in [1.165, 1.54) is 0 Å². The Bertz CT molecular complexity index is 479. The lowest BCUT2D eigenvalue weighted by molar-refractivity contribution is -0.448. The summed E-state index contributed by atoms with van der Waals surface area (Å²) in [5.74, 6) is 2.04. The van der Waals surface area contributed by atoms with Gasteiger partial charge >= 0.3 is 0 Å². The average Bonchev–Trinajstić information content (AvgIpc) is 2.60.